The molecule has 4 heterocycles. The van der Waals surface area contributed by atoms with E-state index in [1.807, 2.05) is 16.8 Å². The molecule has 2 aromatic heterocycles. The van der Waals surface area contributed by atoms with Gasteiger partial charge in [0, 0.05) is 49.3 Å². The molecule has 0 spiro atoms. The van der Waals surface area contributed by atoms with Gasteiger partial charge in [-0.2, -0.15) is 24.5 Å². The maximum absolute atomic E-state index is 13.8. The number of halogens is 5. The van der Waals surface area contributed by atoms with Gasteiger partial charge >= 0.3 is 6.18 Å². The van der Waals surface area contributed by atoms with E-state index in [-0.39, 0.29) is 61.7 Å². The van der Waals surface area contributed by atoms with Crippen LogP contribution in [0, 0.1) is 5.92 Å². The monoisotopic (exact) mass is 571 g/mol. The van der Waals surface area contributed by atoms with Crippen molar-refractivity contribution in [3.8, 4) is 0 Å². The molecule has 4 fully saturated rings. The number of nitrogens with one attached hydrogen (secondary N) is 1. The molecule has 6 rings (SSSR count). The molecule has 4 aliphatic rings. The molecule has 2 aliphatic heterocycles. The van der Waals surface area contributed by atoms with Crippen LogP contribution in [0.3, 0.4) is 0 Å². The van der Waals surface area contributed by atoms with Crippen LogP contribution in [0.5, 0.6) is 0 Å². The highest BCUT2D eigenvalue weighted by Gasteiger charge is 2.47. The van der Waals surface area contributed by atoms with Crippen LogP contribution in [-0.4, -0.2) is 50.1 Å². The van der Waals surface area contributed by atoms with Crippen LogP contribution in [0.25, 0.3) is 0 Å². The SMILES string of the molecule is O=C(N[C@@H](CCN1[C@@H]2CC[C@H]1CC(n1c(C3CC3)nnc1C(F)(F)F)C2)c1ccsc1)C1CCC(F)(F)CC1. The Labute approximate surface area is 228 Å². The third kappa shape index (κ3) is 5.73. The van der Waals surface area contributed by atoms with Crippen molar-refractivity contribution in [3.05, 3.63) is 34.0 Å². The molecule has 12 heteroatoms. The van der Waals surface area contributed by atoms with Gasteiger partial charge in [0.1, 0.15) is 5.82 Å². The van der Waals surface area contributed by atoms with Gasteiger partial charge in [0.25, 0.3) is 0 Å². The van der Waals surface area contributed by atoms with Crippen molar-refractivity contribution in [2.45, 2.75) is 113 Å². The molecule has 1 amide bonds. The Balaban J connectivity index is 1.12. The quantitative estimate of drug-likeness (QED) is 0.369. The minimum absolute atomic E-state index is 0.0784. The number of piperidine rings is 1. The molecular weight excluding hydrogens is 537 g/mol. The lowest BCUT2D eigenvalue weighted by Gasteiger charge is -2.40. The fraction of sp³-hybridized carbons (Fsp3) is 0.741. The largest absolute Gasteiger partial charge is 0.451 e. The van der Waals surface area contributed by atoms with Gasteiger partial charge in [-0.05, 0) is 80.2 Å². The van der Waals surface area contributed by atoms with E-state index in [0.29, 0.717) is 25.1 Å². The van der Waals surface area contributed by atoms with E-state index in [4.69, 9.17) is 0 Å². The summed E-state index contributed by atoms with van der Waals surface area (Å²) < 4.78 is 70.0. The highest BCUT2D eigenvalue weighted by Crippen LogP contribution is 2.47. The van der Waals surface area contributed by atoms with Crippen LogP contribution in [0.2, 0.25) is 0 Å². The highest BCUT2D eigenvalue weighted by atomic mass is 32.1. The minimum Gasteiger partial charge on any atom is -0.349 e. The third-order valence-electron chi connectivity index (χ3n) is 9.17. The number of hydrogen-bond acceptors (Lipinski definition) is 5. The summed E-state index contributed by atoms with van der Waals surface area (Å²) in [6.07, 6.45) is 0.873. The zero-order valence-electron chi connectivity index (χ0n) is 21.7. The van der Waals surface area contributed by atoms with Crippen molar-refractivity contribution < 1.29 is 26.7 Å². The van der Waals surface area contributed by atoms with Crippen LogP contribution in [0.1, 0.15) is 106 Å². The number of alkyl halides is 5. The maximum atomic E-state index is 13.8. The number of thiophene rings is 1. The Morgan fingerprint density at radius 3 is 2.33 bits per heavy atom. The predicted molar refractivity (Wildman–Crippen MR) is 136 cm³/mol. The second-order valence-electron chi connectivity index (χ2n) is 11.8. The summed E-state index contributed by atoms with van der Waals surface area (Å²) in [6.45, 7) is 0.718. The smallest absolute Gasteiger partial charge is 0.349 e. The number of carbonyl (C=O) groups is 1. The molecule has 0 radical (unpaired) electrons. The number of aromatic nitrogens is 3. The summed E-state index contributed by atoms with van der Waals surface area (Å²) in [6, 6.07) is 1.83. The van der Waals surface area contributed by atoms with Gasteiger partial charge < -0.3 is 9.88 Å². The first-order valence-corrected chi connectivity index (χ1v) is 15.0. The first-order valence-electron chi connectivity index (χ1n) is 14.1. The van der Waals surface area contributed by atoms with Gasteiger partial charge in [0.05, 0.1) is 6.04 Å². The van der Waals surface area contributed by atoms with Gasteiger partial charge in [-0.25, -0.2) is 8.78 Å². The molecule has 2 bridgehead atoms. The van der Waals surface area contributed by atoms with Gasteiger partial charge in [0.15, 0.2) is 0 Å². The van der Waals surface area contributed by atoms with E-state index in [2.05, 4.69) is 20.4 Å². The van der Waals surface area contributed by atoms with Crippen LogP contribution >= 0.6 is 11.3 Å². The minimum atomic E-state index is -4.53. The molecule has 2 saturated heterocycles. The van der Waals surface area contributed by atoms with Crippen LogP contribution < -0.4 is 5.32 Å². The normalized spacial score (nSPS) is 28.5. The van der Waals surface area contributed by atoms with Crippen molar-refractivity contribution in [2.75, 3.05) is 6.54 Å². The first-order chi connectivity index (χ1) is 18.6. The van der Waals surface area contributed by atoms with Crippen molar-refractivity contribution in [1.82, 2.24) is 25.0 Å². The summed E-state index contributed by atoms with van der Waals surface area (Å²) in [5.41, 5.74) is 1.00. The third-order valence-corrected chi connectivity index (χ3v) is 9.87. The second-order valence-corrected chi connectivity index (χ2v) is 12.6. The van der Waals surface area contributed by atoms with Crippen LogP contribution in [-0.2, 0) is 11.0 Å². The predicted octanol–water partition coefficient (Wildman–Crippen LogP) is 6.48. The van der Waals surface area contributed by atoms with Crippen molar-refractivity contribution in [1.29, 1.82) is 0 Å². The molecule has 214 valence electrons. The topological polar surface area (TPSA) is 63.1 Å². The zero-order chi connectivity index (χ0) is 27.4. The molecule has 2 aromatic rings. The second kappa shape index (κ2) is 10.4. The van der Waals surface area contributed by atoms with Crippen molar-refractivity contribution >= 4 is 17.2 Å². The van der Waals surface area contributed by atoms with Crippen molar-refractivity contribution in [2.24, 2.45) is 5.92 Å². The molecule has 1 unspecified atom stereocenters. The summed E-state index contributed by atoms with van der Waals surface area (Å²) >= 11 is 1.55. The van der Waals surface area contributed by atoms with Crippen LogP contribution in [0.15, 0.2) is 16.8 Å². The molecular formula is C27H34F5N5OS. The van der Waals surface area contributed by atoms with E-state index >= 15 is 0 Å². The summed E-state index contributed by atoms with van der Waals surface area (Å²) in [4.78, 5) is 15.4. The standard InChI is InChI=1S/C27H34F5N5OS/c28-26(29)9-5-17(6-10-26)24(38)33-22(18-8-12-39-15-18)7-11-36-19-3-4-20(36)14-21(13-19)37-23(16-1-2-16)34-35-25(37)27(30,31)32/h8,12,15-17,19-22H,1-7,9-11,13-14H2,(H,33,38)/t19-,20+,21?,22-/m0/s1. The Bertz CT molecular complexity index is 1140. The molecule has 0 aromatic carbocycles. The Hall–Kier alpha value is -2.08. The lowest BCUT2D eigenvalue weighted by atomic mass is 9.86. The highest BCUT2D eigenvalue weighted by molar-refractivity contribution is 7.08. The Morgan fingerprint density at radius 2 is 1.74 bits per heavy atom. The fourth-order valence-electron chi connectivity index (χ4n) is 6.96. The van der Waals surface area contributed by atoms with Crippen molar-refractivity contribution in [3.63, 3.8) is 0 Å². The summed E-state index contributed by atoms with van der Waals surface area (Å²) in [5.74, 6) is -3.55. The molecule has 6 nitrogen and oxygen atoms in total. The maximum Gasteiger partial charge on any atom is 0.451 e. The lowest BCUT2D eigenvalue weighted by molar-refractivity contribution is -0.149. The molecule has 2 aliphatic carbocycles. The number of nitrogens with zero attached hydrogens (tertiary/aromatic N) is 4. The van der Waals surface area contributed by atoms with E-state index in [1.165, 1.54) is 4.57 Å². The van der Waals surface area contributed by atoms with Gasteiger partial charge in [0.2, 0.25) is 17.7 Å². The van der Waals surface area contributed by atoms with E-state index in [0.717, 1.165) is 37.8 Å². The number of fused-ring (bicyclic) bond motifs is 2. The summed E-state index contributed by atoms with van der Waals surface area (Å²) in [7, 11) is 0. The molecule has 2 saturated carbocycles. The zero-order valence-corrected chi connectivity index (χ0v) is 22.5. The number of amides is 1. The Morgan fingerprint density at radius 1 is 1.05 bits per heavy atom. The summed E-state index contributed by atoms with van der Waals surface area (Å²) in [5, 5.41) is 14.6. The average Bonchev–Trinajstić information content (AvgIpc) is 3.28. The van der Waals surface area contributed by atoms with E-state index in [1.54, 1.807) is 11.3 Å². The number of carbonyl (C=O) groups excluding carboxylic acids is 1. The average molecular weight is 572 g/mol. The Kier molecular flexibility index (Phi) is 7.22. The molecule has 39 heavy (non-hydrogen) atoms. The van der Waals surface area contributed by atoms with Crippen LogP contribution in [0.4, 0.5) is 22.0 Å². The number of rotatable bonds is 8. The van der Waals surface area contributed by atoms with Gasteiger partial charge in [-0.15, -0.1) is 10.2 Å². The van der Waals surface area contributed by atoms with E-state index in [9.17, 15) is 26.7 Å². The first kappa shape index (κ1) is 27.1. The fourth-order valence-corrected chi connectivity index (χ4v) is 7.68. The molecule has 4 atom stereocenters. The van der Waals surface area contributed by atoms with Gasteiger partial charge in [-0.3, -0.25) is 9.69 Å². The number of hydrogen-bond donors (Lipinski definition) is 1. The molecule has 1 N–H and O–H groups in total. The van der Waals surface area contributed by atoms with Gasteiger partial charge in [-0.1, -0.05) is 0 Å². The lowest BCUT2D eigenvalue weighted by Crippen LogP contribution is -2.45. The van der Waals surface area contributed by atoms with E-state index < -0.39 is 23.8 Å².